The first-order valence-corrected chi connectivity index (χ1v) is 6.34. The molecule has 2 aromatic carbocycles. The van der Waals surface area contributed by atoms with Gasteiger partial charge in [0, 0.05) is 23.2 Å². The Bertz CT molecular complexity index is 611. The molecule has 4 heteroatoms. The van der Waals surface area contributed by atoms with Crippen molar-refractivity contribution in [3.63, 3.8) is 0 Å². The van der Waals surface area contributed by atoms with Gasteiger partial charge in [-0.15, -0.1) is 0 Å². The Morgan fingerprint density at radius 3 is 2.35 bits per heavy atom. The number of ether oxygens (including phenoxy) is 2. The maximum absolute atomic E-state index is 14.1. The van der Waals surface area contributed by atoms with E-state index < -0.39 is 0 Å². The highest BCUT2D eigenvalue weighted by Crippen LogP contribution is 2.35. The summed E-state index contributed by atoms with van der Waals surface area (Å²) in [5, 5.41) is 0. The third-order valence-electron chi connectivity index (χ3n) is 3.22. The molecule has 0 aliphatic heterocycles. The van der Waals surface area contributed by atoms with Gasteiger partial charge >= 0.3 is 0 Å². The molecule has 0 saturated heterocycles. The summed E-state index contributed by atoms with van der Waals surface area (Å²) in [4.78, 5) is 0. The van der Waals surface area contributed by atoms with Gasteiger partial charge < -0.3 is 15.2 Å². The van der Waals surface area contributed by atoms with Crippen molar-refractivity contribution in [1.82, 2.24) is 0 Å². The van der Waals surface area contributed by atoms with Crippen LogP contribution in [0.2, 0.25) is 0 Å². The molecule has 0 fully saturated rings. The zero-order chi connectivity index (χ0) is 14.7. The fraction of sp³-hybridized carbons (Fsp3) is 0.250. The average Bonchev–Trinajstić information content (AvgIpc) is 2.47. The Morgan fingerprint density at radius 2 is 1.75 bits per heavy atom. The molecule has 2 N–H and O–H groups in total. The van der Waals surface area contributed by atoms with E-state index in [0.29, 0.717) is 22.6 Å². The third kappa shape index (κ3) is 2.75. The first kappa shape index (κ1) is 14.3. The third-order valence-corrected chi connectivity index (χ3v) is 3.22. The van der Waals surface area contributed by atoms with E-state index in [1.807, 2.05) is 6.92 Å². The van der Waals surface area contributed by atoms with Crippen LogP contribution in [-0.4, -0.2) is 14.2 Å². The summed E-state index contributed by atoms with van der Waals surface area (Å²) in [5.41, 5.74) is 7.87. The maximum atomic E-state index is 14.1. The lowest BCUT2D eigenvalue weighted by Crippen LogP contribution is -2.05. The van der Waals surface area contributed by atoms with Gasteiger partial charge in [-0.1, -0.05) is 6.07 Å². The highest BCUT2D eigenvalue weighted by Gasteiger charge is 2.13. The number of methoxy groups -OCH3 is 2. The summed E-state index contributed by atoms with van der Waals surface area (Å²) in [6.07, 6.45) is 0. The quantitative estimate of drug-likeness (QED) is 0.928. The van der Waals surface area contributed by atoms with Crippen LogP contribution in [0.1, 0.15) is 18.5 Å². The van der Waals surface area contributed by atoms with Crippen LogP contribution in [0.3, 0.4) is 0 Å². The van der Waals surface area contributed by atoms with E-state index in [-0.39, 0.29) is 11.9 Å². The van der Waals surface area contributed by atoms with Crippen LogP contribution in [-0.2, 0) is 0 Å². The van der Waals surface area contributed by atoms with Crippen molar-refractivity contribution in [1.29, 1.82) is 0 Å². The number of nitrogens with two attached hydrogens (primary N) is 1. The molecule has 106 valence electrons. The molecule has 1 unspecified atom stereocenters. The summed E-state index contributed by atoms with van der Waals surface area (Å²) >= 11 is 0. The molecule has 0 amide bonds. The van der Waals surface area contributed by atoms with Crippen LogP contribution >= 0.6 is 0 Å². The van der Waals surface area contributed by atoms with Crippen LogP contribution in [0.5, 0.6) is 11.5 Å². The summed E-state index contributed by atoms with van der Waals surface area (Å²) in [6.45, 7) is 1.86. The second kappa shape index (κ2) is 5.92. The smallest absolute Gasteiger partial charge is 0.131 e. The average molecular weight is 275 g/mol. The number of hydrogen-bond donors (Lipinski definition) is 1. The number of halogens is 1. The van der Waals surface area contributed by atoms with Gasteiger partial charge in [0.25, 0.3) is 0 Å². The summed E-state index contributed by atoms with van der Waals surface area (Å²) < 4.78 is 24.6. The standard InChI is InChI=1S/C16H18FNO2/c1-10(18)11-4-7-15(17)14(8-11)13-6-5-12(19-2)9-16(13)20-3/h4-10H,18H2,1-3H3. The maximum Gasteiger partial charge on any atom is 0.131 e. The Balaban J connectivity index is 2.58. The van der Waals surface area contributed by atoms with Crippen LogP contribution in [0.15, 0.2) is 36.4 Å². The lowest BCUT2D eigenvalue weighted by Gasteiger charge is -2.13. The zero-order valence-corrected chi connectivity index (χ0v) is 11.8. The molecule has 2 rings (SSSR count). The molecule has 0 spiro atoms. The highest BCUT2D eigenvalue weighted by molar-refractivity contribution is 5.72. The predicted octanol–water partition coefficient (Wildman–Crippen LogP) is 3.53. The molecular formula is C16H18FNO2. The molecule has 20 heavy (non-hydrogen) atoms. The minimum atomic E-state index is -0.308. The van der Waals surface area contributed by atoms with Crippen molar-refractivity contribution < 1.29 is 13.9 Å². The highest BCUT2D eigenvalue weighted by atomic mass is 19.1. The van der Waals surface area contributed by atoms with E-state index in [2.05, 4.69) is 0 Å². The van der Waals surface area contributed by atoms with E-state index in [9.17, 15) is 4.39 Å². The topological polar surface area (TPSA) is 44.5 Å². The Kier molecular flexibility index (Phi) is 4.25. The molecule has 0 aromatic heterocycles. The van der Waals surface area contributed by atoms with Gasteiger partial charge in [0.05, 0.1) is 14.2 Å². The van der Waals surface area contributed by atoms with Gasteiger partial charge in [-0.3, -0.25) is 0 Å². The Hall–Kier alpha value is -2.07. The van der Waals surface area contributed by atoms with Gasteiger partial charge in [0.1, 0.15) is 17.3 Å². The van der Waals surface area contributed by atoms with Crippen LogP contribution in [0.25, 0.3) is 11.1 Å². The second-order valence-electron chi connectivity index (χ2n) is 4.59. The van der Waals surface area contributed by atoms with E-state index in [0.717, 1.165) is 5.56 Å². The summed E-state index contributed by atoms with van der Waals surface area (Å²) in [7, 11) is 3.12. The Labute approximate surface area is 118 Å². The van der Waals surface area contributed by atoms with E-state index in [1.54, 1.807) is 44.6 Å². The molecule has 0 saturated carbocycles. The molecule has 1 atom stereocenters. The normalized spacial score (nSPS) is 12.1. The van der Waals surface area contributed by atoms with Crippen LogP contribution in [0.4, 0.5) is 4.39 Å². The van der Waals surface area contributed by atoms with Gasteiger partial charge in [-0.25, -0.2) is 4.39 Å². The van der Waals surface area contributed by atoms with Crippen molar-refractivity contribution in [2.45, 2.75) is 13.0 Å². The van der Waals surface area contributed by atoms with E-state index >= 15 is 0 Å². The molecule has 0 aliphatic rings. The van der Waals surface area contributed by atoms with Gasteiger partial charge in [0.2, 0.25) is 0 Å². The zero-order valence-electron chi connectivity index (χ0n) is 11.8. The van der Waals surface area contributed by atoms with Crippen molar-refractivity contribution in [3.05, 3.63) is 47.8 Å². The van der Waals surface area contributed by atoms with Crippen LogP contribution in [0, 0.1) is 5.82 Å². The predicted molar refractivity (Wildman–Crippen MR) is 77.5 cm³/mol. The molecule has 0 radical (unpaired) electrons. The van der Waals surface area contributed by atoms with E-state index in [1.165, 1.54) is 6.07 Å². The number of rotatable bonds is 4. The lowest BCUT2D eigenvalue weighted by atomic mass is 9.99. The number of hydrogen-bond acceptors (Lipinski definition) is 3. The SMILES string of the molecule is COc1ccc(-c2cc(C(C)N)ccc2F)c(OC)c1. The first-order chi connectivity index (χ1) is 9.56. The molecule has 0 bridgehead atoms. The van der Waals surface area contributed by atoms with Crippen LogP contribution < -0.4 is 15.2 Å². The first-order valence-electron chi connectivity index (χ1n) is 6.34. The molecular weight excluding hydrogens is 257 g/mol. The largest absolute Gasteiger partial charge is 0.497 e. The summed E-state index contributed by atoms with van der Waals surface area (Å²) in [5.74, 6) is 0.914. The second-order valence-corrected chi connectivity index (χ2v) is 4.59. The minimum Gasteiger partial charge on any atom is -0.497 e. The molecule has 0 heterocycles. The molecule has 3 nitrogen and oxygen atoms in total. The fourth-order valence-corrected chi connectivity index (χ4v) is 2.05. The van der Waals surface area contributed by atoms with Gasteiger partial charge in [0.15, 0.2) is 0 Å². The van der Waals surface area contributed by atoms with Crippen molar-refractivity contribution in [3.8, 4) is 22.6 Å². The fourth-order valence-electron chi connectivity index (χ4n) is 2.05. The van der Waals surface area contributed by atoms with Crippen molar-refractivity contribution >= 4 is 0 Å². The van der Waals surface area contributed by atoms with Crippen molar-refractivity contribution in [2.75, 3.05) is 14.2 Å². The van der Waals surface area contributed by atoms with Gasteiger partial charge in [-0.2, -0.15) is 0 Å². The Morgan fingerprint density at radius 1 is 1.00 bits per heavy atom. The number of benzene rings is 2. The molecule has 0 aliphatic carbocycles. The van der Waals surface area contributed by atoms with Gasteiger partial charge in [-0.05, 0) is 36.8 Å². The van der Waals surface area contributed by atoms with Crippen molar-refractivity contribution in [2.24, 2.45) is 5.73 Å². The minimum absolute atomic E-state index is 0.154. The van der Waals surface area contributed by atoms with E-state index in [4.69, 9.17) is 15.2 Å². The monoisotopic (exact) mass is 275 g/mol. The molecule has 2 aromatic rings. The lowest BCUT2D eigenvalue weighted by molar-refractivity contribution is 0.395. The summed E-state index contributed by atoms with van der Waals surface area (Å²) in [6, 6.07) is 10.0.